The zero-order chi connectivity index (χ0) is 55.3. The second kappa shape index (κ2) is 27.6. The first-order valence-corrected chi connectivity index (χ1v) is 26.2. The minimum absolute atomic E-state index is 0.0367. The molecule has 79 heavy (non-hydrogen) atoms. The van der Waals surface area contributed by atoms with Crippen LogP contribution in [0.25, 0.3) is 0 Å². The molecule has 7 nitrogen and oxygen atoms in total. The van der Waals surface area contributed by atoms with E-state index >= 15 is 0 Å². The highest BCUT2D eigenvalue weighted by Gasteiger charge is 2.18. The van der Waals surface area contributed by atoms with Crippen molar-refractivity contribution in [3.05, 3.63) is 332 Å². The molecule has 0 aromatic heterocycles. The molecule has 0 bridgehead atoms. The molecule has 0 fully saturated rings. The molecule has 0 N–H and O–H groups in total. The Balaban J connectivity index is 0.000000942. The van der Waals surface area contributed by atoms with E-state index in [1.807, 2.05) is 141 Å². The van der Waals surface area contributed by atoms with Gasteiger partial charge in [0.1, 0.15) is 17.3 Å². The molecule has 0 spiro atoms. The number of benzene rings is 9. The zero-order valence-electron chi connectivity index (χ0n) is 45.6. The molecule has 0 atom stereocenters. The molecular formula is C72H66N4O3. The molecule has 0 heterocycles. The molecule has 0 aliphatic rings. The minimum atomic E-state index is -0.0367. The number of carbonyl (C=O) groups excluding carboxylic acids is 1. The van der Waals surface area contributed by atoms with Gasteiger partial charge in [-0.25, -0.2) is 0 Å². The van der Waals surface area contributed by atoms with E-state index in [0.29, 0.717) is 22.6 Å². The van der Waals surface area contributed by atoms with Crippen LogP contribution in [-0.4, -0.2) is 19.9 Å². The summed E-state index contributed by atoms with van der Waals surface area (Å²) in [6.45, 7) is 14.2. The van der Waals surface area contributed by atoms with Gasteiger partial charge in [0.2, 0.25) is 0 Å². The average molecular weight is 1040 g/mol. The summed E-state index contributed by atoms with van der Waals surface area (Å²) in [6, 6.07) is 81.6. The van der Waals surface area contributed by atoms with Gasteiger partial charge in [-0.15, -0.1) is 0 Å². The number of rotatable bonds is 20. The molecule has 392 valence electrons. The number of ketones is 1. The fourth-order valence-corrected chi connectivity index (χ4v) is 8.89. The van der Waals surface area contributed by atoms with Gasteiger partial charge in [-0.2, -0.15) is 0 Å². The van der Waals surface area contributed by atoms with Crippen LogP contribution in [0.5, 0.6) is 11.5 Å². The lowest BCUT2D eigenvalue weighted by atomic mass is 10.0. The first-order valence-electron chi connectivity index (χ1n) is 26.2. The number of carbonyl (C=O) groups is 1. The number of aryl methyl sites for hydroxylation is 1. The van der Waals surface area contributed by atoms with Crippen molar-refractivity contribution in [2.24, 2.45) is 0 Å². The summed E-state index contributed by atoms with van der Waals surface area (Å²) in [6.07, 6.45) is 13.6. The second-order valence-corrected chi connectivity index (χ2v) is 18.4. The number of methoxy groups -OCH3 is 1. The molecule has 9 aromatic carbocycles. The van der Waals surface area contributed by atoms with Crippen LogP contribution >= 0.6 is 0 Å². The maximum Gasteiger partial charge on any atom is 0.193 e. The van der Waals surface area contributed by atoms with Crippen molar-refractivity contribution in [2.75, 3.05) is 33.8 Å². The molecule has 0 amide bonds. The molecule has 0 radical (unpaired) electrons. The van der Waals surface area contributed by atoms with Crippen LogP contribution in [0.3, 0.4) is 0 Å². The lowest BCUT2D eigenvalue weighted by Gasteiger charge is -2.29. The predicted octanol–water partition coefficient (Wildman–Crippen LogP) is 19.1. The summed E-state index contributed by atoms with van der Waals surface area (Å²) < 4.78 is 11.2. The topological polar surface area (TPSA) is 48.5 Å². The third-order valence-corrected chi connectivity index (χ3v) is 13.0. The van der Waals surface area contributed by atoms with E-state index in [2.05, 4.69) is 186 Å². The number of para-hydroxylation sites is 4. The molecule has 0 aliphatic heterocycles. The zero-order valence-corrected chi connectivity index (χ0v) is 45.6. The van der Waals surface area contributed by atoms with Crippen LogP contribution in [0.1, 0.15) is 35.3 Å². The van der Waals surface area contributed by atoms with Gasteiger partial charge in [0.25, 0.3) is 0 Å². The Bertz CT molecular complexity index is 3460. The summed E-state index contributed by atoms with van der Waals surface area (Å²) in [7, 11) is 3.76. The van der Waals surface area contributed by atoms with Crippen LogP contribution < -0.4 is 29.1 Å². The highest BCUT2D eigenvalue weighted by Crippen LogP contribution is 2.39. The van der Waals surface area contributed by atoms with E-state index in [-0.39, 0.29) is 5.78 Å². The van der Waals surface area contributed by atoms with Gasteiger partial charge in [-0.1, -0.05) is 128 Å². The number of hydrogen-bond acceptors (Lipinski definition) is 7. The minimum Gasteiger partial charge on any atom is -0.497 e. The first kappa shape index (κ1) is 55.1. The van der Waals surface area contributed by atoms with Gasteiger partial charge in [0.15, 0.2) is 5.78 Å². The maximum atomic E-state index is 13.2. The number of allylic oxidation sites excluding steroid dienone is 8. The van der Waals surface area contributed by atoms with E-state index < -0.39 is 0 Å². The van der Waals surface area contributed by atoms with Crippen LogP contribution in [-0.2, 0) is 0 Å². The average Bonchev–Trinajstić information content (AvgIpc) is 3.54. The van der Waals surface area contributed by atoms with E-state index in [1.165, 1.54) is 0 Å². The monoisotopic (exact) mass is 1030 g/mol. The molecule has 0 unspecified atom stereocenters. The lowest BCUT2D eigenvalue weighted by molar-refractivity contribution is 0.103. The smallest absolute Gasteiger partial charge is 0.193 e. The Morgan fingerprint density at radius 1 is 0.456 bits per heavy atom. The largest absolute Gasteiger partial charge is 0.497 e. The van der Waals surface area contributed by atoms with Crippen molar-refractivity contribution in [1.82, 2.24) is 0 Å². The Morgan fingerprint density at radius 3 is 1.30 bits per heavy atom. The number of nitrogens with zero attached hydrogens (tertiary/aromatic N) is 4. The summed E-state index contributed by atoms with van der Waals surface area (Å²) in [5.74, 6) is 2.03. The van der Waals surface area contributed by atoms with Crippen molar-refractivity contribution >= 4 is 57.0 Å². The molecule has 0 aliphatic carbocycles. The number of anilines is 9. The van der Waals surface area contributed by atoms with Gasteiger partial charge in [-0.05, 0) is 197 Å². The number of ether oxygens (including phenoxy) is 2. The van der Waals surface area contributed by atoms with Gasteiger partial charge >= 0.3 is 0 Å². The van der Waals surface area contributed by atoms with Crippen LogP contribution in [0.4, 0.5) is 51.2 Å². The third-order valence-electron chi connectivity index (χ3n) is 13.0. The van der Waals surface area contributed by atoms with Gasteiger partial charge < -0.3 is 29.1 Å². The lowest BCUT2D eigenvalue weighted by Crippen LogP contribution is -2.17. The summed E-state index contributed by atoms with van der Waals surface area (Å²) in [5.41, 5.74) is 13.6. The Morgan fingerprint density at radius 2 is 0.861 bits per heavy atom. The van der Waals surface area contributed by atoms with Crippen LogP contribution in [0.2, 0.25) is 0 Å². The highest BCUT2D eigenvalue weighted by molar-refractivity contribution is 6.09. The van der Waals surface area contributed by atoms with E-state index in [9.17, 15) is 4.79 Å². The fourth-order valence-electron chi connectivity index (χ4n) is 8.89. The predicted molar refractivity (Wildman–Crippen MR) is 333 cm³/mol. The fraction of sp³-hybridized carbons (Fsp3) is 0.0694. The normalized spacial score (nSPS) is 11.4. The second-order valence-electron chi connectivity index (χ2n) is 18.4. The Hall–Kier alpha value is -10.1. The van der Waals surface area contributed by atoms with E-state index in [1.54, 1.807) is 25.3 Å². The van der Waals surface area contributed by atoms with Crippen molar-refractivity contribution in [3.8, 4) is 11.5 Å². The van der Waals surface area contributed by atoms with Crippen molar-refractivity contribution < 1.29 is 14.3 Å². The standard InChI is InChI=1S/C65H58N4O2.C7H8O/c1-7-19-55(20-8-2)68(56-21-13-10-14-22-56)62-44-42-60(43-45-62)67(50(5)29-46-63(9-3)71-64-47-32-52(33-48-64)65(70)51-30-27-49(4)28-31-51)59-38-34-53(35-39-59)66(6)54-36-40-61(41-37-54)69(57-23-15-11-16-24-57)58-25-17-12-18-26-58;1-8-7-5-3-2-4-6-7/h7-48H,1,3H2,2,4-6H3;2-6H,1H3/b20-8-,50-29+,55-19+,63-46+;. The highest BCUT2D eigenvalue weighted by atomic mass is 16.5. The number of hydrogen-bond donors (Lipinski definition) is 0. The first-order chi connectivity index (χ1) is 38.7. The maximum absolute atomic E-state index is 13.2. The van der Waals surface area contributed by atoms with Crippen LogP contribution in [0, 0.1) is 6.92 Å². The molecule has 0 saturated carbocycles. The molecular weight excluding hydrogens is 969 g/mol. The van der Waals surface area contributed by atoms with Gasteiger partial charge in [0, 0.05) is 80.8 Å². The Labute approximate surface area is 467 Å². The van der Waals surface area contributed by atoms with Crippen molar-refractivity contribution in [3.63, 3.8) is 0 Å². The van der Waals surface area contributed by atoms with Crippen LogP contribution in [0.15, 0.2) is 315 Å². The van der Waals surface area contributed by atoms with E-state index in [4.69, 9.17) is 9.47 Å². The summed E-state index contributed by atoms with van der Waals surface area (Å²) in [4.78, 5) is 22.1. The SMILES string of the molecule is C=C/C=C(\C=C/C)N(c1ccccc1)c1ccc(N(/C(C)=C/C=C(\C=C)Oc2ccc(C(=O)c3ccc(C)cc3)cc2)c2ccc(N(C)c3ccc(N(c4ccccc4)c4ccccc4)cc3)cc2)cc1.COc1ccccc1. The third kappa shape index (κ3) is 14.4. The molecule has 9 rings (SSSR count). The quantitative estimate of drug-likeness (QED) is 0.0428. The molecule has 7 heteroatoms. The van der Waals surface area contributed by atoms with Gasteiger partial charge in [-0.3, -0.25) is 4.79 Å². The van der Waals surface area contributed by atoms with E-state index in [0.717, 1.165) is 73.9 Å². The van der Waals surface area contributed by atoms with Gasteiger partial charge in [0.05, 0.1) is 7.11 Å². The van der Waals surface area contributed by atoms with Crippen molar-refractivity contribution in [1.29, 1.82) is 0 Å². The molecule has 9 aromatic rings. The summed E-state index contributed by atoms with van der Waals surface area (Å²) >= 11 is 0. The van der Waals surface area contributed by atoms with Crippen molar-refractivity contribution in [2.45, 2.75) is 20.8 Å². The summed E-state index contributed by atoms with van der Waals surface area (Å²) in [5, 5.41) is 0. The Kier molecular flexibility index (Phi) is 19.3. The molecule has 0 saturated heterocycles.